The lowest BCUT2D eigenvalue weighted by molar-refractivity contribution is 0.0544. The van der Waals surface area contributed by atoms with E-state index in [9.17, 15) is 0 Å². The molecule has 0 aromatic heterocycles. The third kappa shape index (κ3) is 3.86. The Bertz CT molecular complexity index is 297. The number of unbranched alkanes of at least 4 members (excludes halogenated alkanes) is 1. The van der Waals surface area contributed by atoms with Gasteiger partial charge in [-0.25, -0.2) is 0 Å². The molecule has 0 aliphatic heterocycles. The molecule has 2 nitrogen and oxygen atoms in total. The molecule has 1 aromatic rings. The van der Waals surface area contributed by atoms with Crippen molar-refractivity contribution < 1.29 is 9.47 Å². The third-order valence-corrected chi connectivity index (χ3v) is 2.65. The van der Waals surface area contributed by atoms with E-state index in [1.165, 1.54) is 18.4 Å². The monoisotopic (exact) mass is 222 g/mol. The number of methoxy groups -OCH3 is 1. The smallest absolute Gasteiger partial charge is 0.119 e. The summed E-state index contributed by atoms with van der Waals surface area (Å²) in [4.78, 5) is 0. The quantitative estimate of drug-likeness (QED) is 0.695. The van der Waals surface area contributed by atoms with E-state index in [4.69, 9.17) is 9.47 Å². The molecule has 0 amide bonds. The fourth-order valence-corrected chi connectivity index (χ4v) is 1.78. The summed E-state index contributed by atoms with van der Waals surface area (Å²) in [6.07, 6.45) is 3.69. The molecule has 0 saturated carbocycles. The van der Waals surface area contributed by atoms with Crippen molar-refractivity contribution >= 4 is 0 Å². The van der Waals surface area contributed by atoms with E-state index in [0.29, 0.717) is 0 Å². The fourth-order valence-electron chi connectivity index (χ4n) is 1.78. The summed E-state index contributed by atoms with van der Waals surface area (Å²) in [5, 5.41) is 0. The lowest BCUT2D eigenvalue weighted by atomic mass is 10.0. The van der Waals surface area contributed by atoms with E-state index < -0.39 is 0 Å². The molecule has 1 unspecified atom stereocenters. The molecule has 0 N–H and O–H groups in total. The largest absolute Gasteiger partial charge is 0.497 e. The van der Waals surface area contributed by atoms with E-state index >= 15 is 0 Å². The van der Waals surface area contributed by atoms with Crippen LogP contribution in [0, 0.1) is 0 Å². The van der Waals surface area contributed by atoms with Crippen molar-refractivity contribution in [1.82, 2.24) is 0 Å². The molecule has 0 spiro atoms. The topological polar surface area (TPSA) is 18.5 Å². The summed E-state index contributed by atoms with van der Waals surface area (Å²) in [6.45, 7) is 5.00. The van der Waals surface area contributed by atoms with E-state index in [2.05, 4.69) is 19.1 Å². The van der Waals surface area contributed by atoms with Crippen molar-refractivity contribution in [1.29, 1.82) is 0 Å². The number of hydrogen-bond donors (Lipinski definition) is 0. The summed E-state index contributed by atoms with van der Waals surface area (Å²) in [6, 6.07) is 8.16. The van der Waals surface area contributed by atoms with Gasteiger partial charge in [0.15, 0.2) is 0 Å². The zero-order valence-corrected chi connectivity index (χ0v) is 10.5. The van der Waals surface area contributed by atoms with Crippen LogP contribution in [0.4, 0.5) is 0 Å². The van der Waals surface area contributed by atoms with E-state index in [-0.39, 0.29) is 6.10 Å². The molecule has 0 aliphatic rings. The van der Waals surface area contributed by atoms with Gasteiger partial charge in [-0.05, 0) is 31.0 Å². The number of rotatable bonds is 7. The summed E-state index contributed by atoms with van der Waals surface area (Å²) in [7, 11) is 1.70. The fraction of sp³-hybridized carbons (Fsp3) is 0.571. The Kier molecular flexibility index (Phi) is 5.94. The van der Waals surface area contributed by atoms with Crippen molar-refractivity contribution in [2.75, 3.05) is 13.7 Å². The van der Waals surface area contributed by atoms with Crippen molar-refractivity contribution in [2.45, 2.75) is 39.2 Å². The second kappa shape index (κ2) is 7.29. The Labute approximate surface area is 98.6 Å². The second-order valence-electron chi connectivity index (χ2n) is 3.86. The maximum atomic E-state index is 5.77. The van der Waals surface area contributed by atoms with Gasteiger partial charge in [-0.2, -0.15) is 0 Å². The molecule has 1 rings (SSSR count). The van der Waals surface area contributed by atoms with Gasteiger partial charge in [-0.3, -0.25) is 0 Å². The molecule has 1 aromatic carbocycles. The number of ether oxygens (including phenoxy) is 2. The van der Waals surface area contributed by atoms with Gasteiger partial charge in [-0.1, -0.05) is 31.9 Å². The van der Waals surface area contributed by atoms with Crippen LogP contribution < -0.4 is 4.74 Å². The van der Waals surface area contributed by atoms with Crippen LogP contribution in [0.1, 0.15) is 44.8 Å². The highest BCUT2D eigenvalue weighted by molar-refractivity contribution is 5.29. The molecular weight excluding hydrogens is 200 g/mol. The molecule has 0 saturated heterocycles. The minimum Gasteiger partial charge on any atom is -0.497 e. The highest BCUT2D eigenvalue weighted by atomic mass is 16.5. The predicted octanol–water partition coefficient (Wildman–Crippen LogP) is 3.96. The first-order valence-corrected chi connectivity index (χ1v) is 6.07. The highest BCUT2D eigenvalue weighted by Crippen LogP contribution is 2.26. The van der Waals surface area contributed by atoms with Gasteiger partial charge in [0.1, 0.15) is 5.75 Å². The van der Waals surface area contributed by atoms with Crippen LogP contribution in [-0.4, -0.2) is 13.7 Å². The van der Waals surface area contributed by atoms with Crippen molar-refractivity contribution in [2.24, 2.45) is 0 Å². The molecule has 0 fully saturated rings. The molecule has 2 heteroatoms. The molecule has 0 radical (unpaired) electrons. The standard InChI is InChI=1S/C14H22O2/c1-4-6-10-14(16-5-2)12-8-7-9-13(11-12)15-3/h7-9,11,14H,4-6,10H2,1-3H3. The summed E-state index contributed by atoms with van der Waals surface area (Å²) >= 11 is 0. The van der Waals surface area contributed by atoms with Gasteiger partial charge in [0.25, 0.3) is 0 Å². The maximum absolute atomic E-state index is 5.77. The third-order valence-electron chi connectivity index (χ3n) is 2.65. The molecule has 1 atom stereocenters. The minimum absolute atomic E-state index is 0.208. The van der Waals surface area contributed by atoms with Crippen LogP contribution in [0.25, 0.3) is 0 Å². The van der Waals surface area contributed by atoms with Gasteiger partial charge in [0.2, 0.25) is 0 Å². The Hall–Kier alpha value is -1.02. The van der Waals surface area contributed by atoms with E-state index in [0.717, 1.165) is 18.8 Å². The van der Waals surface area contributed by atoms with Gasteiger partial charge in [0.05, 0.1) is 13.2 Å². The molecule has 16 heavy (non-hydrogen) atoms. The van der Waals surface area contributed by atoms with Crippen LogP contribution in [0.5, 0.6) is 5.75 Å². The summed E-state index contributed by atoms with van der Waals surface area (Å²) in [5.74, 6) is 0.902. The number of hydrogen-bond acceptors (Lipinski definition) is 2. The Morgan fingerprint density at radius 3 is 2.69 bits per heavy atom. The van der Waals surface area contributed by atoms with Crippen LogP contribution in [0.15, 0.2) is 24.3 Å². The SMILES string of the molecule is CCCCC(OCC)c1cccc(OC)c1. The Morgan fingerprint density at radius 2 is 2.06 bits per heavy atom. The van der Waals surface area contributed by atoms with Gasteiger partial charge in [-0.15, -0.1) is 0 Å². The first-order valence-electron chi connectivity index (χ1n) is 6.07. The first kappa shape index (κ1) is 13.0. The highest BCUT2D eigenvalue weighted by Gasteiger charge is 2.11. The number of benzene rings is 1. The van der Waals surface area contributed by atoms with Crippen LogP contribution in [0.2, 0.25) is 0 Å². The van der Waals surface area contributed by atoms with Crippen LogP contribution >= 0.6 is 0 Å². The van der Waals surface area contributed by atoms with Crippen molar-refractivity contribution in [3.8, 4) is 5.75 Å². The van der Waals surface area contributed by atoms with Gasteiger partial charge >= 0.3 is 0 Å². The Balaban J connectivity index is 2.73. The zero-order chi connectivity index (χ0) is 11.8. The molecule has 0 aliphatic carbocycles. The molecule has 0 bridgehead atoms. The van der Waals surface area contributed by atoms with Crippen LogP contribution in [-0.2, 0) is 4.74 Å². The van der Waals surface area contributed by atoms with E-state index in [1.54, 1.807) is 7.11 Å². The van der Waals surface area contributed by atoms with Crippen LogP contribution in [0.3, 0.4) is 0 Å². The maximum Gasteiger partial charge on any atom is 0.119 e. The second-order valence-corrected chi connectivity index (χ2v) is 3.86. The van der Waals surface area contributed by atoms with Crippen molar-refractivity contribution in [3.63, 3.8) is 0 Å². The van der Waals surface area contributed by atoms with E-state index in [1.807, 2.05) is 19.1 Å². The minimum atomic E-state index is 0.208. The lowest BCUT2D eigenvalue weighted by Gasteiger charge is -2.17. The summed E-state index contributed by atoms with van der Waals surface area (Å²) in [5.41, 5.74) is 1.22. The van der Waals surface area contributed by atoms with Gasteiger partial charge in [0, 0.05) is 6.61 Å². The lowest BCUT2D eigenvalue weighted by Crippen LogP contribution is -2.04. The average molecular weight is 222 g/mol. The Morgan fingerprint density at radius 1 is 1.25 bits per heavy atom. The normalized spacial score (nSPS) is 12.4. The molecular formula is C14H22O2. The zero-order valence-electron chi connectivity index (χ0n) is 10.5. The van der Waals surface area contributed by atoms with Crippen molar-refractivity contribution in [3.05, 3.63) is 29.8 Å². The summed E-state index contributed by atoms with van der Waals surface area (Å²) < 4.78 is 11.0. The van der Waals surface area contributed by atoms with Gasteiger partial charge < -0.3 is 9.47 Å². The first-order chi connectivity index (χ1) is 7.81. The molecule has 90 valence electrons. The molecule has 0 heterocycles. The average Bonchev–Trinajstić information content (AvgIpc) is 2.34. The predicted molar refractivity (Wildman–Crippen MR) is 66.9 cm³/mol.